The Balaban J connectivity index is 1.88. The lowest BCUT2D eigenvalue weighted by Crippen LogP contribution is -2.27. The van der Waals surface area contributed by atoms with Crippen LogP contribution in [0.4, 0.5) is 5.82 Å². The van der Waals surface area contributed by atoms with E-state index in [1.54, 1.807) is 6.33 Å². The van der Waals surface area contributed by atoms with Gasteiger partial charge in [0.15, 0.2) is 0 Å². The van der Waals surface area contributed by atoms with E-state index in [4.69, 9.17) is 0 Å². The van der Waals surface area contributed by atoms with Crippen molar-refractivity contribution >= 4 is 26.7 Å². The van der Waals surface area contributed by atoms with Gasteiger partial charge in [0.05, 0.1) is 12.1 Å². The second kappa shape index (κ2) is 4.11. The number of hydrogen-bond donors (Lipinski definition) is 1. The Hall–Kier alpha value is -2.28. The maximum Gasteiger partial charge on any atom is 0.235 e. The van der Waals surface area contributed by atoms with Gasteiger partial charge in [0, 0.05) is 36.3 Å². The molecule has 1 aromatic carbocycles. The molecule has 0 amide bonds. The largest absolute Gasteiger partial charge is 0.351 e. The summed E-state index contributed by atoms with van der Waals surface area (Å²) in [5, 5.41) is 1.11. The Morgan fingerprint density at radius 2 is 2.14 bits per heavy atom. The van der Waals surface area contributed by atoms with Crippen LogP contribution in [0.1, 0.15) is 0 Å². The molecule has 3 heterocycles. The van der Waals surface area contributed by atoms with Crippen LogP contribution in [0.3, 0.4) is 0 Å². The van der Waals surface area contributed by atoms with Gasteiger partial charge in [-0.2, -0.15) is 0 Å². The quantitative estimate of drug-likeness (QED) is 0.745. The second-order valence-corrected chi connectivity index (χ2v) is 7.10. The molecule has 0 aliphatic carbocycles. The van der Waals surface area contributed by atoms with Crippen molar-refractivity contribution in [1.29, 1.82) is 0 Å². The number of hydrogen-bond acceptors (Lipinski definition) is 3. The monoisotopic (exact) mass is 302 g/mol. The van der Waals surface area contributed by atoms with Crippen molar-refractivity contribution < 1.29 is 8.42 Å². The smallest absolute Gasteiger partial charge is 0.235 e. The Morgan fingerprint density at radius 1 is 1.29 bits per heavy atom. The minimum atomic E-state index is -3.25. The zero-order chi connectivity index (χ0) is 14.6. The third kappa shape index (κ3) is 1.92. The molecule has 0 bridgehead atoms. The standard InChI is InChI=1S/C14H14N4O2S/c1-17-5-4-10-8-11(2-3-12(10)17)13-14-16-21(19,20)7-6-18(14)9-15-13/h2-5,8-9,16H,6-7H2,1H3. The first kappa shape index (κ1) is 12.5. The zero-order valence-corrected chi connectivity index (χ0v) is 12.3. The predicted octanol–water partition coefficient (Wildman–Crippen LogP) is 1.80. The van der Waals surface area contributed by atoms with E-state index < -0.39 is 10.0 Å². The van der Waals surface area contributed by atoms with E-state index in [1.807, 2.05) is 46.6 Å². The van der Waals surface area contributed by atoms with Crippen molar-refractivity contribution in [3.05, 3.63) is 36.8 Å². The molecule has 0 radical (unpaired) electrons. The first-order valence-electron chi connectivity index (χ1n) is 6.65. The maximum absolute atomic E-state index is 11.8. The van der Waals surface area contributed by atoms with Crippen molar-refractivity contribution in [3.8, 4) is 11.3 Å². The van der Waals surface area contributed by atoms with Crippen LogP contribution in [0.25, 0.3) is 22.2 Å². The summed E-state index contributed by atoms with van der Waals surface area (Å²) in [4.78, 5) is 4.38. The van der Waals surface area contributed by atoms with Gasteiger partial charge in [0.2, 0.25) is 10.0 Å². The van der Waals surface area contributed by atoms with E-state index in [0.29, 0.717) is 18.1 Å². The van der Waals surface area contributed by atoms with Gasteiger partial charge in [0.25, 0.3) is 0 Å². The van der Waals surface area contributed by atoms with Gasteiger partial charge < -0.3 is 9.13 Å². The molecule has 7 heteroatoms. The fourth-order valence-electron chi connectivity index (χ4n) is 2.72. The molecule has 0 atom stereocenters. The van der Waals surface area contributed by atoms with Crippen LogP contribution in [0.15, 0.2) is 36.8 Å². The molecule has 0 saturated carbocycles. The molecule has 0 fully saturated rings. The first-order chi connectivity index (χ1) is 10.0. The highest BCUT2D eigenvalue weighted by Crippen LogP contribution is 2.31. The SMILES string of the molecule is Cn1ccc2cc(-c3ncn4c3NS(=O)(=O)CC4)ccc21. The van der Waals surface area contributed by atoms with E-state index >= 15 is 0 Å². The van der Waals surface area contributed by atoms with E-state index in [-0.39, 0.29) is 5.75 Å². The molecule has 2 aromatic heterocycles. The van der Waals surface area contributed by atoms with Gasteiger partial charge in [-0.25, -0.2) is 13.4 Å². The molecule has 3 aromatic rings. The summed E-state index contributed by atoms with van der Waals surface area (Å²) in [5.74, 6) is 0.643. The highest BCUT2D eigenvalue weighted by molar-refractivity contribution is 7.92. The Labute approximate surface area is 122 Å². The van der Waals surface area contributed by atoms with Crippen LogP contribution in [-0.2, 0) is 23.6 Å². The van der Waals surface area contributed by atoms with Gasteiger partial charge in [-0.1, -0.05) is 6.07 Å². The highest BCUT2D eigenvalue weighted by atomic mass is 32.2. The molecule has 21 heavy (non-hydrogen) atoms. The molecule has 0 spiro atoms. The Bertz CT molecular complexity index is 953. The normalized spacial score (nSPS) is 16.6. The lowest BCUT2D eigenvalue weighted by Gasteiger charge is -2.17. The molecule has 1 N–H and O–H groups in total. The van der Waals surface area contributed by atoms with Crippen LogP contribution in [0, 0.1) is 0 Å². The molecule has 0 unspecified atom stereocenters. The molecule has 6 nitrogen and oxygen atoms in total. The summed E-state index contributed by atoms with van der Waals surface area (Å²) in [6, 6.07) is 8.05. The minimum absolute atomic E-state index is 0.0908. The minimum Gasteiger partial charge on any atom is -0.351 e. The Morgan fingerprint density at radius 3 is 3.00 bits per heavy atom. The van der Waals surface area contributed by atoms with E-state index in [2.05, 4.69) is 9.71 Å². The molecule has 0 saturated heterocycles. The lowest BCUT2D eigenvalue weighted by molar-refractivity contribution is 0.588. The van der Waals surface area contributed by atoms with Crippen molar-refractivity contribution in [1.82, 2.24) is 14.1 Å². The summed E-state index contributed by atoms with van der Waals surface area (Å²) >= 11 is 0. The van der Waals surface area contributed by atoms with Crippen LogP contribution in [0.2, 0.25) is 0 Å². The summed E-state index contributed by atoms with van der Waals surface area (Å²) < 4.78 is 30.0. The summed E-state index contributed by atoms with van der Waals surface area (Å²) in [6.45, 7) is 0.436. The number of nitrogens with zero attached hydrogens (tertiary/aromatic N) is 3. The maximum atomic E-state index is 11.8. The number of sulfonamides is 1. The molecular weight excluding hydrogens is 288 g/mol. The molecule has 1 aliphatic rings. The molecule has 1 aliphatic heterocycles. The lowest BCUT2D eigenvalue weighted by atomic mass is 10.1. The fraction of sp³-hybridized carbons (Fsp3) is 0.214. The summed E-state index contributed by atoms with van der Waals surface area (Å²) in [6.07, 6.45) is 3.68. The van der Waals surface area contributed by atoms with Gasteiger partial charge >= 0.3 is 0 Å². The zero-order valence-electron chi connectivity index (χ0n) is 11.4. The third-order valence-electron chi connectivity index (χ3n) is 3.85. The number of imidazole rings is 1. The van der Waals surface area contributed by atoms with Crippen LogP contribution in [0.5, 0.6) is 0 Å². The van der Waals surface area contributed by atoms with Crippen molar-refractivity contribution in [3.63, 3.8) is 0 Å². The summed E-state index contributed by atoms with van der Waals surface area (Å²) in [7, 11) is -1.26. The van der Waals surface area contributed by atoms with Crippen LogP contribution < -0.4 is 4.72 Å². The summed E-state index contributed by atoms with van der Waals surface area (Å²) in [5.41, 5.74) is 2.71. The molecule has 108 valence electrons. The number of fused-ring (bicyclic) bond motifs is 2. The van der Waals surface area contributed by atoms with Crippen LogP contribution in [-0.4, -0.2) is 28.3 Å². The van der Waals surface area contributed by atoms with Gasteiger partial charge in [-0.3, -0.25) is 4.72 Å². The topological polar surface area (TPSA) is 68.9 Å². The molecule has 4 rings (SSSR count). The number of anilines is 1. The van der Waals surface area contributed by atoms with Gasteiger partial charge in [0.1, 0.15) is 11.5 Å². The average Bonchev–Trinajstić information content (AvgIpc) is 3.01. The van der Waals surface area contributed by atoms with Crippen LogP contribution >= 0.6 is 0 Å². The Kier molecular flexibility index (Phi) is 2.44. The number of nitrogens with one attached hydrogen (secondary N) is 1. The number of benzene rings is 1. The van der Waals surface area contributed by atoms with E-state index in [0.717, 1.165) is 16.5 Å². The first-order valence-corrected chi connectivity index (χ1v) is 8.30. The average molecular weight is 302 g/mol. The number of aromatic nitrogens is 3. The van der Waals surface area contributed by atoms with Crippen molar-refractivity contribution in [2.24, 2.45) is 7.05 Å². The predicted molar refractivity (Wildman–Crippen MR) is 81.5 cm³/mol. The van der Waals surface area contributed by atoms with Crippen molar-refractivity contribution in [2.45, 2.75) is 6.54 Å². The van der Waals surface area contributed by atoms with E-state index in [1.165, 1.54) is 0 Å². The fourth-order valence-corrected chi connectivity index (χ4v) is 3.76. The van der Waals surface area contributed by atoms with Crippen molar-refractivity contribution in [2.75, 3.05) is 10.5 Å². The van der Waals surface area contributed by atoms with Gasteiger partial charge in [-0.15, -0.1) is 0 Å². The van der Waals surface area contributed by atoms with Gasteiger partial charge in [-0.05, 0) is 18.2 Å². The molecular formula is C14H14N4O2S. The van der Waals surface area contributed by atoms with E-state index in [9.17, 15) is 8.42 Å². The highest BCUT2D eigenvalue weighted by Gasteiger charge is 2.24. The third-order valence-corrected chi connectivity index (χ3v) is 5.07. The second-order valence-electron chi connectivity index (χ2n) is 5.26. The number of aryl methyl sites for hydroxylation is 2. The number of rotatable bonds is 1.